The molecule has 3 saturated heterocycles. The summed E-state index contributed by atoms with van der Waals surface area (Å²) in [6, 6.07) is 11.3. The molecule has 48 heavy (non-hydrogen) atoms. The van der Waals surface area contributed by atoms with Crippen LogP contribution >= 0.6 is 23.4 Å². The summed E-state index contributed by atoms with van der Waals surface area (Å²) in [7, 11) is 0. The first kappa shape index (κ1) is 36.0. The van der Waals surface area contributed by atoms with Gasteiger partial charge in [0.1, 0.15) is 11.8 Å². The lowest BCUT2D eigenvalue weighted by Crippen LogP contribution is -2.59. The van der Waals surface area contributed by atoms with Gasteiger partial charge < -0.3 is 24.5 Å². The molecule has 0 aliphatic carbocycles. The molecular weight excluding hydrogens is 646 g/mol. The monoisotopic (exact) mass is 693 g/mol. The Morgan fingerprint density at radius 3 is 2.35 bits per heavy atom. The Morgan fingerprint density at radius 2 is 1.77 bits per heavy atom. The van der Waals surface area contributed by atoms with E-state index in [4.69, 9.17) is 16.3 Å². The molecule has 2 aromatic carbocycles. The zero-order valence-electron chi connectivity index (χ0n) is 28.7. The van der Waals surface area contributed by atoms with E-state index < -0.39 is 33.4 Å². The van der Waals surface area contributed by atoms with E-state index in [1.165, 1.54) is 0 Å². The summed E-state index contributed by atoms with van der Waals surface area (Å²) in [4.78, 5) is 50.1. The molecule has 3 fully saturated rings. The molecule has 2 unspecified atom stereocenters. The zero-order valence-corrected chi connectivity index (χ0v) is 30.2. The van der Waals surface area contributed by atoms with Gasteiger partial charge in [0.05, 0.1) is 46.5 Å². The van der Waals surface area contributed by atoms with Crippen molar-refractivity contribution in [1.82, 2.24) is 4.90 Å². The fourth-order valence-corrected chi connectivity index (χ4v) is 10.9. The van der Waals surface area contributed by atoms with E-state index in [2.05, 4.69) is 20.1 Å². The van der Waals surface area contributed by atoms with Gasteiger partial charge in [0.2, 0.25) is 11.8 Å². The highest BCUT2D eigenvalue weighted by atomic mass is 35.5. The third kappa shape index (κ3) is 5.86. The summed E-state index contributed by atoms with van der Waals surface area (Å²) >= 11 is 8.36. The molecule has 10 heteroatoms. The molecule has 1 spiro atoms. The van der Waals surface area contributed by atoms with Crippen molar-refractivity contribution in [2.75, 3.05) is 36.1 Å². The van der Waals surface area contributed by atoms with Crippen molar-refractivity contribution in [2.24, 2.45) is 17.8 Å². The van der Waals surface area contributed by atoms with Crippen molar-refractivity contribution in [1.29, 1.82) is 0 Å². The topological polar surface area (TPSA) is 90.4 Å². The Morgan fingerprint density at radius 1 is 1.10 bits per heavy atom. The van der Waals surface area contributed by atoms with Crippen LogP contribution in [0.3, 0.4) is 0 Å². The maximum absolute atomic E-state index is 15.2. The standard InChI is InChI=1S/C38H48ClN3O5S/c1-8-21-40(26-15-17-27(18-16-26)47-11-4)34(44)30-31-35(45)42(29(23-43)24(5)10-3)33(38(31)20-19-37(30,7)48-38)36(46)41(22-9-2)32-25(6)13-12-14-28(32)39/h8-9,12-18,24,29-31,33,43H,1-2,10-11,19-23H2,3-7H3/t24-,29-,30+,31-,33?,37-,38?/m0/s1. The molecule has 0 radical (unpaired) electrons. The maximum Gasteiger partial charge on any atom is 0.251 e. The van der Waals surface area contributed by atoms with Crippen molar-refractivity contribution in [3.63, 3.8) is 0 Å². The van der Waals surface area contributed by atoms with Crippen LogP contribution in [0.4, 0.5) is 11.4 Å². The van der Waals surface area contributed by atoms with Crippen LogP contribution in [0.5, 0.6) is 5.75 Å². The Hall–Kier alpha value is -3.27. The van der Waals surface area contributed by atoms with E-state index in [0.29, 0.717) is 48.0 Å². The van der Waals surface area contributed by atoms with Gasteiger partial charge in [-0.1, -0.05) is 56.2 Å². The van der Waals surface area contributed by atoms with E-state index >= 15 is 9.59 Å². The second kappa shape index (κ2) is 14.3. The number of benzene rings is 2. The van der Waals surface area contributed by atoms with Gasteiger partial charge in [0, 0.05) is 23.5 Å². The molecule has 2 aromatic rings. The van der Waals surface area contributed by atoms with E-state index in [-0.39, 0.29) is 43.3 Å². The number of ether oxygens (including phenoxy) is 1. The molecular formula is C38H48ClN3O5S. The molecule has 3 heterocycles. The lowest BCUT2D eigenvalue weighted by molar-refractivity contribution is -0.143. The van der Waals surface area contributed by atoms with E-state index in [1.807, 2.05) is 64.1 Å². The van der Waals surface area contributed by atoms with Crippen LogP contribution in [0.2, 0.25) is 5.02 Å². The van der Waals surface area contributed by atoms with Crippen LogP contribution in [0.1, 0.15) is 52.5 Å². The smallest absolute Gasteiger partial charge is 0.251 e. The number of hydrogen-bond donors (Lipinski definition) is 1. The summed E-state index contributed by atoms with van der Waals surface area (Å²) in [6.07, 6.45) is 5.30. The molecule has 3 aliphatic rings. The predicted molar refractivity (Wildman–Crippen MR) is 195 cm³/mol. The van der Waals surface area contributed by atoms with Crippen LogP contribution in [0.25, 0.3) is 0 Å². The van der Waals surface area contributed by atoms with Crippen molar-refractivity contribution >= 4 is 52.5 Å². The number of aliphatic hydroxyl groups is 1. The number of carbonyl (C=O) groups excluding carboxylic acids is 3. The fourth-order valence-electron chi connectivity index (χ4n) is 8.23. The lowest BCUT2D eigenvalue weighted by atomic mass is 9.66. The predicted octanol–water partition coefficient (Wildman–Crippen LogP) is 6.67. The van der Waals surface area contributed by atoms with Gasteiger partial charge in [-0.05, 0) is 75.4 Å². The summed E-state index contributed by atoms with van der Waals surface area (Å²) in [6.45, 7) is 18.4. The molecule has 5 rings (SSSR count). The van der Waals surface area contributed by atoms with Crippen LogP contribution in [0.15, 0.2) is 67.8 Å². The number of amides is 3. The van der Waals surface area contributed by atoms with E-state index in [9.17, 15) is 9.90 Å². The number of carbonyl (C=O) groups is 3. The third-order valence-corrected chi connectivity index (χ3v) is 12.9. The van der Waals surface area contributed by atoms with Crippen LogP contribution in [0, 0.1) is 24.7 Å². The van der Waals surface area contributed by atoms with Crippen molar-refractivity contribution in [3.8, 4) is 5.75 Å². The van der Waals surface area contributed by atoms with Gasteiger partial charge in [0.15, 0.2) is 0 Å². The second-order valence-electron chi connectivity index (χ2n) is 13.4. The van der Waals surface area contributed by atoms with Gasteiger partial charge in [-0.25, -0.2) is 0 Å². The molecule has 0 aromatic heterocycles. The molecule has 3 aliphatic heterocycles. The highest BCUT2D eigenvalue weighted by molar-refractivity contribution is 8.02. The van der Waals surface area contributed by atoms with Crippen molar-refractivity contribution in [2.45, 2.75) is 75.5 Å². The number of thioether (sulfide) groups is 1. The fraction of sp³-hybridized carbons (Fsp3) is 0.500. The van der Waals surface area contributed by atoms with Crippen molar-refractivity contribution < 1.29 is 24.2 Å². The van der Waals surface area contributed by atoms with Gasteiger partial charge in [0.25, 0.3) is 5.91 Å². The largest absolute Gasteiger partial charge is 0.494 e. The Kier molecular flexibility index (Phi) is 10.7. The highest BCUT2D eigenvalue weighted by Crippen LogP contribution is 2.72. The summed E-state index contributed by atoms with van der Waals surface area (Å²) in [5.41, 5.74) is 2.08. The molecule has 8 nitrogen and oxygen atoms in total. The molecule has 7 atom stereocenters. The van der Waals surface area contributed by atoms with Crippen LogP contribution in [-0.4, -0.2) is 75.6 Å². The average molecular weight is 694 g/mol. The Balaban J connectivity index is 1.65. The van der Waals surface area contributed by atoms with Crippen molar-refractivity contribution in [3.05, 3.63) is 78.4 Å². The van der Waals surface area contributed by atoms with E-state index in [0.717, 1.165) is 5.56 Å². The number of halogens is 1. The first-order valence-corrected chi connectivity index (χ1v) is 18.1. The average Bonchev–Trinajstić information content (AvgIpc) is 3.64. The van der Waals surface area contributed by atoms with Gasteiger partial charge >= 0.3 is 0 Å². The van der Waals surface area contributed by atoms with E-state index in [1.54, 1.807) is 44.7 Å². The second-order valence-corrected chi connectivity index (χ2v) is 15.7. The number of para-hydroxylation sites is 1. The summed E-state index contributed by atoms with van der Waals surface area (Å²) < 4.78 is 4.17. The molecule has 258 valence electrons. The first-order chi connectivity index (χ1) is 22.9. The number of aryl methyl sites for hydroxylation is 1. The number of rotatable bonds is 14. The number of likely N-dealkylation sites (tertiary alicyclic amines) is 1. The number of aliphatic hydroxyl groups excluding tert-OH is 1. The minimum atomic E-state index is -0.917. The minimum Gasteiger partial charge on any atom is -0.494 e. The zero-order chi connectivity index (χ0) is 35.0. The summed E-state index contributed by atoms with van der Waals surface area (Å²) in [5.74, 6) is -1.53. The van der Waals surface area contributed by atoms with Crippen LogP contribution in [-0.2, 0) is 14.4 Å². The molecule has 2 bridgehead atoms. The number of nitrogens with zero attached hydrogens (tertiary/aromatic N) is 3. The highest BCUT2D eigenvalue weighted by Gasteiger charge is 2.78. The number of fused-ring (bicyclic) bond motifs is 1. The summed E-state index contributed by atoms with van der Waals surface area (Å²) in [5, 5.41) is 11.2. The Bertz CT molecular complexity index is 1550. The SMILES string of the molecule is C=CCN(C(=O)[C@H]1[C@H]2C(=O)N([C@@H](CO)[C@@H](C)CC)C(C(=O)N(CC=C)c3c(C)cccc3Cl)C23CC[C@]1(C)S3)c1ccc(OCC)cc1. The van der Waals surface area contributed by atoms with Crippen LogP contribution < -0.4 is 14.5 Å². The Labute approximate surface area is 294 Å². The third-order valence-electron chi connectivity index (χ3n) is 10.6. The van der Waals surface area contributed by atoms with Gasteiger partial charge in [-0.2, -0.15) is 0 Å². The lowest BCUT2D eigenvalue weighted by Gasteiger charge is -2.41. The quantitative estimate of drug-likeness (QED) is 0.222. The number of hydrogen-bond acceptors (Lipinski definition) is 6. The minimum absolute atomic E-state index is 0.0903. The molecule has 1 N–H and O–H groups in total. The molecule has 3 amide bonds. The number of anilines is 2. The molecule has 0 saturated carbocycles. The maximum atomic E-state index is 15.2. The van der Waals surface area contributed by atoms with Gasteiger partial charge in [-0.3, -0.25) is 14.4 Å². The first-order valence-electron chi connectivity index (χ1n) is 16.9. The normalized spacial score (nSPS) is 26.9. The van der Waals surface area contributed by atoms with Gasteiger partial charge in [-0.15, -0.1) is 24.9 Å².